The van der Waals surface area contributed by atoms with Crippen LogP contribution in [0.2, 0.25) is 0 Å². The van der Waals surface area contributed by atoms with Crippen molar-refractivity contribution in [3.63, 3.8) is 0 Å². The second kappa shape index (κ2) is 7.97. The minimum atomic E-state index is -0.569. The average Bonchev–Trinajstić information content (AvgIpc) is 2.44. The van der Waals surface area contributed by atoms with Crippen molar-refractivity contribution in [2.75, 3.05) is 13.1 Å². The van der Waals surface area contributed by atoms with Crippen molar-refractivity contribution in [3.05, 3.63) is 34.1 Å². The average molecular weight is 360 g/mol. The highest BCUT2D eigenvalue weighted by Crippen LogP contribution is 2.18. The summed E-state index contributed by atoms with van der Waals surface area (Å²) in [6, 6.07) is 4.23. The summed E-state index contributed by atoms with van der Waals surface area (Å²) in [5, 5.41) is 11.4. The summed E-state index contributed by atoms with van der Waals surface area (Å²) in [6.07, 6.45) is 0.227. The highest BCUT2D eigenvalue weighted by Gasteiger charge is 2.20. The molecule has 0 radical (unpaired) electrons. The summed E-state index contributed by atoms with van der Waals surface area (Å²) >= 11 is 3.23. The third-order valence-electron chi connectivity index (χ3n) is 2.80. The van der Waals surface area contributed by atoms with E-state index in [9.17, 15) is 9.18 Å². The van der Waals surface area contributed by atoms with E-state index >= 15 is 0 Å². The fraction of sp³-hybridized carbons (Fsp3) is 0.429. The Hall–Kier alpha value is -1.63. The molecular formula is C14H19BrFN3O2. The predicted octanol–water partition coefficient (Wildman–Crippen LogP) is 2.82. The van der Waals surface area contributed by atoms with Gasteiger partial charge >= 0.3 is 0 Å². The Morgan fingerprint density at radius 1 is 1.52 bits per heavy atom. The highest BCUT2D eigenvalue weighted by atomic mass is 79.9. The van der Waals surface area contributed by atoms with Gasteiger partial charge in [-0.3, -0.25) is 4.79 Å². The van der Waals surface area contributed by atoms with E-state index in [1.165, 1.54) is 23.1 Å². The van der Waals surface area contributed by atoms with Crippen molar-refractivity contribution in [1.82, 2.24) is 4.90 Å². The standard InChI is InChI=1S/C14H19BrFN3O2/c1-9(2)8-19(6-5-13(17)18-21)14(20)11-7-10(15)3-4-12(11)16/h3-4,7,9,21H,5-6,8H2,1-2H3,(H2,17,18). The predicted molar refractivity (Wildman–Crippen MR) is 82.9 cm³/mol. The monoisotopic (exact) mass is 359 g/mol. The maximum atomic E-state index is 13.8. The molecule has 116 valence electrons. The number of amidine groups is 1. The molecule has 1 amide bonds. The number of hydrogen-bond acceptors (Lipinski definition) is 3. The van der Waals surface area contributed by atoms with Crippen LogP contribution in [0.3, 0.4) is 0 Å². The second-order valence-corrected chi connectivity index (χ2v) is 6.03. The maximum absolute atomic E-state index is 13.8. The van der Waals surface area contributed by atoms with Crippen LogP contribution in [0.4, 0.5) is 4.39 Å². The van der Waals surface area contributed by atoms with Crippen LogP contribution in [-0.4, -0.2) is 34.9 Å². The van der Waals surface area contributed by atoms with Crippen LogP contribution in [0.25, 0.3) is 0 Å². The summed E-state index contributed by atoms with van der Waals surface area (Å²) in [5.41, 5.74) is 5.43. The third-order valence-corrected chi connectivity index (χ3v) is 3.29. The van der Waals surface area contributed by atoms with Gasteiger partial charge in [0.15, 0.2) is 0 Å². The first-order chi connectivity index (χ1) is 9.85. The van der Waals surface area contributed by atoms with Crippen molar-refractivity contribution in [2.24, 2.45) is 16.8 Å². The summed E-state index contributed by atoms with van der Waals surface area (Å²) in [6.45, 7) is 4.64. The molecule has 0 spiro atoms. The molecule has 0 saturated carbocycles. The normalized spacial score (nSPS) is 11.8. The number of halogens is 2. The van der Waals surface area contributed by atoms with Gasteiger partial charge in [-0.2, -0.15) is 0 Å². The summed E-state index contributed by atoms with van der Waals surface area (Å²) in [5.74, 6) is -0.725. The molecule has 0 saturated heterocycles. The first-order valence-corrected chi connectivity index (χ1v) is 7.35. The van der Waals surface area contributed by atoms with Gasteiger partial charge in [-0.25, -0.2) is 4.39 Å². The van der Waals surface area contributed by atoms with Crippen molar-refractivity contribution in [1.29, 1.82) is 0 Å². The Morgan fingerprint density at radius 2 is 2.19 bits per heavy atom. The zero-order chi connectivity index (χ0) is 16.0. The van der Waals surface area contributed by atoms with Gasteiger partial charge < -0.3 is 15.8 Å². The molecule has 7 heteroatoms. The lowest BCUT2D eigenvalue weighted by Gasteiger charge is -2.24. The number of hydrogen-bond donors (Lipinski definition) is 2. The highest BCUT2D eigenvalue weighted by molar-refractivity contribution is 9.10. The van der Waals surface area contributed by atoms with E-state index in [2.05, 4.69) is 21.1 Å². The zero-order valence-corrected chi connectivity index (χ0v) is 13.6. The topological polar surface area (TPSA) is 78.9 Å². The van der Waals surface area contributed by atoms with E-state index in [-0.39, 0.29) is 30.3 Å². The number of oxime groups is 1. The molecule has 1 aromatic carbocycles. The van der Waals surface area contributed by atoms with Crippen molar-refractivity contribution in [2.45, 2.75) is 20.3 Å². The molecule has 1 rings (SSSR count). The van der Waals surface area contributed by atoms with E-state index in [1.54, 1.807) is 0 Å². The van der Waals surface area contributed by atoms with Crippen LogP contribution >= 0.6 is 15.9 Å². The van der Waals surface area contributed by atoms with Crippen molar-refractivity contribution < 1.29 is 14.4 Å². The van der Waals surface area contributed by atoms with Crippen LogP contribution in [-0.2, 0) is 0 Å². The lowest BCUT2D eigenvalue weighted by molar-refractivity contribution is 0.0735. The van der Waals surface area contributed by atoms with Crippen molar-refractivity contribution >= 4 is 27.7 Å². The van der Waals surface area contributed by atoms with Crippen molar-refractivity contribution in [3.8, 4) is 0 Å². The lowest BCUT2D eigenvalue weighted by atomic mass is 10.1. The number of benzene rings is 1. The van der Waals surface area contributed by atoms with E-state index in [0.29, 0.717) is 11.0 Å². The molecule has 0 unspecified atom stereocenters. The quantitative estimate of drug-likeness (QED) is 0.354. The van der Waals surface area contributed by atoms with Gasteiger partial charge in [-0.05, 0) is 24.1 Å². The number of carbonyl (C=O) groups excluding carboxylic acids is 1. The van der Waals surface area contributed by atoms with Gasteiger partial charge in [-0.15, -0.1) is 0 Å². The summed E-state index contributed by atoms with van der Waals surface area (Å²) in [4.78, 5) is 14.0. The van der Waals surface area contributed by atoms with E-state index < -0.39 is 11.7 Å². The molecule has 3 N–H and O–H groups in total. The molecule has 21 heavy (non-hydrogen) atoms. The maximum Gasteiger partial charge on any atom is 0.256 e. The fourth-order valence-corrected chi connectivity index (χ4v) is 2.21. The molecule has 1 aromatic rings. The second-order valence-electron chi connectivity index (χ2n) is 5.11. The van der Waals surface area contributed by atoms with Crippen LogP contribution in [0.15, 0.2) is 27.8 Å². The van der Waals surface area contributed by atoms with Gasteiger partial charge in [0.25, 0.3) is 5.91 Å². The smallest absolute Gasteiger partial charge is 0.256 e. The first-order valence-electron chi connectivity index (χ1n) is 6.55. The molecule has 0 aromatic heterocycles. The van der Waals surface area contributed by atoms with E-state index in [4.69, 9.17) is 10.9 Å². The minimum absolute atomic E-state index is 0.00420. The number of rotatable bonds is 6. The van der Waals surface area contributed by atoms with Gasteiger partial charge in [0.05, 0.1) is 5.56 Å². The van der Waals surface area contributed by atoms with Gasteiger partial charge in [0.1, 0.15) is 11.7 Å². The van der Waals surface area contributed by atoms with Crippen LogP contribution in [0.5, 0.6) is 0 Å². The number of amides is 1. The Kier molecular flexibility index (Phi) is 6.61. The lowest BCUT2D eigenvalue weighted by Crippen LogP contribution is -2.37. The Bertz CT molecular complexity index is 535. The van der Waals surface area contributed by atoms with Gasteiger partial charge in [-0.1, -0.05) is 34.9 Å². The Labute approximate surface area is 131 Å². The van der Waals surface area contributed by atoms with Crippen LogP contribution < -0.4 is 5.73 Å². The Morgan fingerprint density at radius 3 is 2.76 bits per heavy atom. The summed E-state index contributed by atoms with van der Waals surface area (Å²) < 4.78 is 14.5. The molecule has 0 fully saturated rings. The fourth-order valence-electron chi connectivity index (χ4n) is 1.85. The summed E-state index contributed by atoms with van der Waals surface area (Å²) in [7, 11) is 0. The van der Waals surface area contributed by atoms with Crippen LogP contribution in [0.1, 0.15) is 30.6 Å². The molecule has 0 bridgehead atoms. The number of carbonyl (C=O) groups is 1. The molecule has 5 nitrogen and oxygen atoms in total. The number of nitrogens with two attached hydrogens (primary N) is 1. The molecule has 0 heterocycles. The third kappa shape index (κ3) is 5.34. The largest absolute Gasteiger partial charge is 0.409 e. The molecular weight excluding hydrogens is 341 g/mol. The van der Waals surface area contributed by atoms with E-state index in [1.807, 2.05) is 13.8 Å². The first kappa shape index (κ1) is 17.4. The zero-order valence-electron chi connectivity index (χ0n) is 12.0. The Balaban J connectivity index is 2.96. The van der Waals surface area contributed by atoms with Gasteiger partial charge in [0.2, 0.25) is 0 Å². The van der Waals surface area contributed by atoms with E-state index in [0.717, 1.165) is 0 Å². The van der Waals surface area contributed by atoms with Gasteiger partial charge in [0, 0.05) is 24.0 Å². The number of nitrogens with zero attached hydrogens (tertiary/aromatic N) is 2. The minimum Gasteiger partial charge on any atom is -0.409 e. The molecule has 0 aliphatic rings. The van der Waals surface area contributed by atoms with Crippen LogP contribution in [0, 0.1) is 11.7 Å². The molecule has 0 aliphatic heterocycles. The molecule has 0 aliphatic carbocycles. The molecule has 0 atom stereocenters. The SMILES string of the molecule is CC(C)CN(CCC(N)=NO)C(=O)c1cc(Br)ccc1F.